The van der Waals surface area contributed by atoms with E-state index in [1.54, 1.807) is 0 Å². The first-order valence-corrected chi connectivity index (χ1v) is 12.4. The average Bonchev–Trinajstić information content (AvgIpc) is 3.12. The van der Waals surface area contributed by atoms with Crippen LogP contribution in [0.1, 0.15) is 75.4 Å². The summed E-state index contributed by atoms with van der Waals surface area (Å²) in [5, 5.41) is 3.02. The van der Waals surface area contributed by atoms with Crippen molar-refractivity contribution in [3.8, 4) is 0 Å². The zero-order valence-electron chi connectivity index (χ0n) is 18.4. The SMILES string of the molecule is CC(C)(C)OC(=O)NC1CCC(CCN2CCC(C(=O)c3ccc(Cl)s3)CC2)CC1. The second kappa shape index (κ2) is 10.5. The quantitative estimate of drug-likeness (QED) is 0.554. The third-order valence-electron chi connectivity index (χ3n) is 6.20. The molecule has 2 heterocycles. The molecule has 0 bridgehead atoms. The smallest absolute Gasteiger partial charge is 0.407 e. The summed E-state index contributed by atoms with van der Waals surface area (Å²) in [5.74, 6) is 1.14. The summed E-state index contributed by atoms with van der Waals surface area (Å²) in [7, 11) is 0. The van der Waals surface area contributed by atoms with E-state index in [1.807, 2.05) is 32.9 Å². The highest BCUT2D eigenvalue weighted by atomic mass is 35.5. The van der Waals surface area contributed by atoms with Crippen LogP contribution in [0.25, 0.3) is 0 Å². The molecular weight excluding hydrogens is 420 g/mol. The summed E-state index contributed by atoms with van der Waals surface area (Å²) in [5.41, 5.74) is -0.448. The van der Waals surface area contributed by atoms with Gasteiger partial charge in [0.1, 0.15) is 5.60 Å². The maximum Gasteiger partial charge on any atom is 0.407 e. The molecule has 0 radical (unpaired) electrons. The number of piperidine rings is 1. The van der Waals surface area contributed by atoms with E-state index in [0.717, 1.165) is 69.0 Å². The van der Waals surface area contributed by atoms with Gasteiger partial charge >= 0.3 is 6.09 Å². The normalized spacial score (nSPS) is 23.9. The summed E-state index contributed by atoms with van der Waals surface area (Å²) >= 11 is 7.37. The van der Waals surface area contributed by atoms with Crippen LogP contribution < -0.4 is 5.32 Å². The van der Waals surface area contributed by atoms with Crippen LogP contribution in [0, 0.1) is 11.8 Å². The van der Waals surface area contributed by atoms with Crippen LogP contribution >= 0.6 is 22.9 Å². The molecule has 1 N–H and O–H groups in total. The summed E-state index contributed by atoms with van der Waals surface area (Å²) in [6.07, 6.45) is 7.19. The largest absolute Gasteiger partial charge is 0.444 e. The second-order valence-electron chi connectivity index (χ2n) is 9.74. The maximum absolute atomic E-state index is 12.6. The van der Waals surface area contributed by atoms with Gasteiger partial charge in [-0.15, -0.1) is 11.3 Å². The molecule has 1 aliphatic heterocycles. The van der Waals surface area contributed by atoms with E-state index in [2.05, 4.69) is 10.2 Å². The van der Waals surface area contributed by atoms with Gasteiger partial charge in [-0.3, -0.25) is 4.79 Å². The molecule has 5 nitrogen and oxygen atoms in total. The van der Waals surface area contributed by atoms with E-state index in [9.17, 15) is 9.59 Å². The molecule has 0 spiro atoms. The van der Waals surface area contributed by atoms with Crippen molar-refractivity contribution in [1.29, 1.82) is 0 Å². The minimum absolute atomic E-state index is 0.144. The van der Waals surface area contributed by atoms with Crippen molar-refractivity contribution in [2.45, 2.75) is 77.4 Å². The lowest BCUT2D eigenvalue weighted by Crippen LogP contribution is -2.41. The number of rotatable bonds is 6. The monoisotopic (exact) mass is 454 g/mol. The number of Topliss-reactive ketones (excluding diaryl/α,β-unsaturated/α-hetero) is 1. The first-order valence-electron chi connectivity index (χ1n) is 11.2. The predicted octanol–water partition coefficient (Wildman–Crippen LogP) is 5.77. The van der Waals surface area contributed by atoms with E-state index in [-0.39, 0.29) is 23.8 Å². The number of thiophene rings is 1. The van der Waals surface area contributed by atoms with Gasteiger partial charge < -0.3 is 15.0 Å². The molecule has 0 unspecified atom stereocenters. The van der Waals surface area contributed by atoms with E-state index in [0.29, 0.717) is 4.34 Å². The lowest BCUT2D eigenvalue weighted by Gasteiger charge is -2.34. The average molecular weight is 455 g/mol. The first kappa shape index (κ1) is 23.6. The Morgan fingerprint density at radius 3 is 2.37 bits per heavy atom. The zero-order chi connectivity index (χ0) is 21.7. The molecule has 3 rings (SSSR count). The fourth-order valence-corrected chi connectivity index (χ4v) is 5.56. The zero-order valence-corrected chi connectivity index (χ0v) is 20.0. The topological polar surface area (TPSA) is 58.6 Å². The van der Waals surface area contributed by atoms with Crippen LogP contribution in [0.2, 0.25) is 4.34 Å². The molecule has 1 saturated carbocycles. The second-order valence-corrected chi connectivity index (χ2v) is 11.5. The number of alkyl carbamates (subject to hydrolysis) is 1. The summed E-state index contributed by atoms with van der Waals surface area (Å²) < 4.78 is 6.05. The number of hydrogen-bond donors (Lipinski definition) is 1. The molecule has 2 fully saturated rings. The van der Waals surface area contributed by atoms with Gasteiger partial charge in [-0.1, -0.05) is 11.6 Å². The number of amides is 1. The van der Waals surface area contributed by atoms with E-state index < -0.39 is 5.60 Å². The first-order chi connectivity index (χ1) is 14.2. The van der Waals surface area contributed by atoms with Crippen LogP contribution in [0.15, 0.2) is 12.1 Å². The molecule has 1 aromatic heterocycles. The van der Waals surface area contributed by atoms with E-state index in [1.165, 1.54) is 17.8 Å². The van der Waals surface area contributed by atoms with Gasteiger partial charge in [0.2, 0.25) is 0 Å². The summed E-state index contributed by atoms with van der Waals surface area (Å²) in [6, 6.07) is 3.91. The Kier molecular flexibility index (Phi) is 8.22. The van der Waals surface area contributed by atoms with Crippen LogP contribution in [-0.4, -0.2) is 48.1 Å². The van der Waals surface area contributed by atoms with Gasteiger partial charge in [-0.25, -0.2) is 4.79 Å². The van der Waals surface area contributed by atoms with Crippen molar-refractivity contribution in [3.63, 3.8) is 0 Å². The van der Waals surface area contributed by atoms with E-state index >= 15 is 0 Å². The Bertz CT molecular complexity index is 714. The van der Waals surface area contributed by atoms with Crippen molar-refractivity contribution in [2.24, 2.45) is 11.8 Å². The molecule has 1 aromatic rings. The van der Waals surface area contributed by atoms with Gasteiger partial charge in [-0.05, 0) is 103 Å². The molecule has 0 aromatic carbocycles. The Labute approximate surface area is 189 Å². The molecular formula is C23H35ClN2O3S. The Balaban J connectivity index is 1.31. The number of likely N-dealkylation sites (tertiary alicyclic amines) is 1. The fraction of sp³-hybridized carbons (Fsp3) is 0.739. The number of hydrogen-bond acceptors (Lipinski definition) is 5. The van der Waals surface area contributed by atoms with Crippen molar-refractivity contribution in [3.05, 3.63) is 21.3 Å². The van der Waals surface area contributed by atoms with Crippen molar-refractivity contribution in [1.82, 2.24) is 10.2 Å². The fourth-order valence-electron chi connectivity index (χ4n) is 4.50. The van der Waals surface area contributed by atoms with Crippen LogP contribution in [-0.2, 0) is 4.74 Å². The number of ether oxygens (including phenoxy) is 1. The third kappa shape index (κ3) is 7.24. The summed E-state index contributed by atoms with van der Waals surface area (Å²) in [6.45, 7) is 8.79. The standard InChI is InChI=1S/C23H35ClN2O3S/c1-23(2,3)29-22(28)25-18-6-4-16(5-7-18)10-13-26-14-11-17(12-15-26)21(27)19-8-9-20(24)30-19/h8-9,16-18H,4-7,10-15H2,1-3H3,(H,25,28). The van der Waals surface area contributed by atoms with Gasteiger partial charge in [0.15, 0.2) is 5.78 Å². The van der Waals surface area contributed by atoms with Gasteiger partial charge in [0.05, 0.1) is 9.21 Å². The molecule has 2 aliphatic rings. The van der Waals surface area contributed by atoms with Crippen LogP contribution in [0.3, 0.4) is 0 Å². The highest BCUT2D eigenvalue weighted by Gasteiger charge is 2.28. The molecule has 1 amide bonds. The summed E-state index contributed by atoms with van der Waals surface area (Å²) in [4.78, 5) is 27.9. The Morgan fingerprint density at radius 2 is 1.80 bits per heavy atom. The third-order valence-corrected chi connectivity index (χ3v) is 7.44. The highest BCUT2D eigenvalue weighted by molar-refractivity contribution is 7.18. The van der Waals surface area contributed by atoms with Crippen molar-refractivity contribution in [2.75, 3.05) is 19.6 Å². The van der Waals surface area contributed by atoms with Crippen LogP contribution in [0.5, 0.6) is 0 Å². The lowest BCUT2D eigenvalue weighted by molar-refractivity contribution is 0.0485. The van der Waals surface area contributed by atoms with E-state index in [4.69, 9.17) is 16.3 Å². The van der Waals surface area contributed by atoms with Crippen molar-refractivity contribution < 1.29 is 14.3 Å². The highest BCUT2D eigenvalue weighted by Crippen LogP contribution is 2.30. The van der Waals surface area contributed by atoms with Crippen molar-refractivity contribution >= 4 is 34.8 Å². The number of ketones is 1. The van der Waals surface area contributed by atoms with Gasteiger partial charge in [-0.2, -0.15) is 0 Å². The predicted molar refractivity (Wildman–Crippen MR) is 123 cm³/mol. The molecule has 30 heavy (non-hydrogen) atoms. The van der Waals surface area contributed by atoms with Gasteiger partial charge in [0, 0.05) is 12.0 Å². The Morgan fingerprint density at radius 1 is 1.13 bits per heavy atom. The molecule has 7 heteroatoms. The van der Waals surface area contributed by atoms with Crippen LogP contribution in [0.4, 0.5) is 4.79 Å². The number of nitrogens with one attached hydrogen (secondary N) is 1. The number of halogens is 1. The molecule has 1 saturated heterocycles. The van der Waals surface area contributed by atoms with Gasteiger partial charge in [0.25, 0.3) is 0 Å². The number of carbonyl (C=O) groups is 2. The lowest BCUT2D eigenvalue weighted by atomic mass is 9.84. The molecule has 168 valence electrons. The maximum atomic E-state index is 12.6. The molecule has 0 atom stereocenters. The molecule has 1 aliphatic carbocycles. The minimum atomic E-state index is -0.448. The minimum Gasteiger partial charge on any atom is -0.444 e. The number of carbonyl (C=O) groups excluding carboxylic acids is 2. The number of nitrogens with zero attached hydrogens (tertiary/aromatic N) is 1. The Hall–Kier alpha value is -1.11.